The Morgan fingerprint density at radius 2 is 0.955 bits per heavy atom. The third-order valence-corrected chi connectivity index (χ3v) is 9.14. The number of aromatic hydroxyl groups is 2. The minimum absolute atomic E-state index is 0.0150. The Hall–Kier alpha value is -4.94. The lowest BCUT2D eigenvalue weighted by molar-refractivity contribution is -0.141. The average molecular weight is 599 g/mol. The summed E-state index contributed by atoms with van der Waals surface area (Å²) in [5.41, 5.74) is -0.395. The first-order valence-corrected chi connectivity index (χ1v) is 14.1. The fraction of sp³-hybridized carbons (Fsp3) is 0.312. The molecule has 2 aliphatic carbocycles. The van der Waals surface area contributed by atoms with Crippen molar-refractivity contribution in [2.75, 3.05) is 0 Å². The van der Waals surface area contributed by atoms with Gasteiger partial charge in [-0.25, -0.2) is 0 Å². The summed E-state index contributed by atoms with van der Waals surface area (Å²) in [7, 11) is 0. The van der Waals surface area contributed by atoms with Crippen LogP contribution in [0.5, 0.6) is 11.5 Å². The zero-order chi connectivity index (χ0) is 30.9. The zero-order valence-electron chi connectivity index (χ0n) is 23.2. The van der Waals surface area contributed by atoms with Gasteiger partial charge in [0.2, 0.25) is 0 Å². The molecule has 2 aromatic carbocycles. The number of carbonyl (C=O) groups is 6. The number of carbonyl (C=O) groups excluding carboxylic acids is 6. The van der Waals surface area contributed by atoms with E-state index in [-0.39, 0.29) is 68.5 Å². The van der Waals surface area contributed by atoms with Crippen LogP contribution in [0.1, 0.15) is 68.1 Å². The Balaban J connectivity index is 1.23. The molecule has 222 valence electrons. The highest BCUT2D eigenvalue weighted by Gasteiger charge is 2.53. The third kappa shape index (κ3) is 3.40. The number of fused-ring (bicyclic) bond motifs is 6. The molecule has 0 unspecified atom stereocenters. The van der Waals surface area contributed by atoms with Gasteiger partial charge in [-0.05, 0) is 49.2 Å². The Bertz CT molecular complexity index is 1770. The van der Waals surface area contributed by atoms with Crippen LogP contribution < -0.4 is 0 Å². The van der Waals surface area contributed by atoms with Crippen LogP contribution in [0.4, 0.5) is 0 Å². The summed E-state index contributed by atoms with van der Waals surface area (Å²) in [5, 5.41) is 22.1. The molecule has 0 amide bonds. The molecule has 4 heterocycles. The topological polar surface area (TPSA) is 180 Å². The van der Waals surface area contributed by atoms with Gasteiger partial charge < -0.3 is 29.2 Å². The second-order valence-corrected chi connectivity index (χ2v) is 11.7. The number of phenolic OH excluding ortho intramolecular Hbond substituents is 2. The van der Waals surface area contributed by atoms with Crippen LogP contribution in [0.3, 0.4) is 0 Å². The Morgan fingerprint density at radius 1 is 0.568 bits per heavy atom. The van der Waals surface area contributed by atoms with E-state index in [1.807, 2.05) is 0 Å². The molecule has 0 bridgehead atoms. The van der Waals surface area contributed by atoms with Gasteiger partial charge in [-0.15, -0.1) is 0 Å². The van der Waals surface area contributed by atoms with E-state index in [2.05, 4.69) is 0 Å². The van der Waals surface area contributed by atoms with Gasteiger partial charge in [0.05, 0.1) is 47.3 Å². The molecule has 4 aliphatic heterocycles. The minimum atomic E-state index is -1.06. The van der Waals surface area contributed by atoms with Crippen molar-refractivity contribution in [1.82, 2.24) is 0 Å². The second kappa shape index (κ2) is 8.80. The summed E-state index contributed by atoms with van der Waals surface area (Å²) in [6.07, 6.45) is -5.36. The number of Topliss-reactive ketones (excluding diaryl/α,β-unsaturated/α-hetero) is 4. The van der Waals surface area contributed by atoms with Gasteiger partial charge >= 0.3 is 11.9 Å². The Labute approximate surface area is 247 Å². The van der Waals surface area contributed by atoms with Crippen molar-refractivity contribution in [3.63, 3.8) is 0 Å². The van der Waals surface area contributed by atoms with Gasteiger partial charge in [0, 0.05) is 22.3 Å². The van der Waals surface area contributed by atoms with E-state index in [4.69, 9.17) is 18.9 Å². The van der Waals surface area contributed by atoms with Crippen LogP contribution >= 0.6 is 0 Å². The first-order chi connectivity index (χ1) is 20.9. The average Bonchev–Trinajstić information content (AvgIpc) is 3.52. The van der Waals surface area contributed by atoms with Crippen LogP contribution in [-0.2, 0) is 28.5 Å². The van der Waals surface area contributed by atoms with Crippen molar-refractivity contribution >= 4 is 35.1 Å². The van der Waals surface area contributed by atoms with Gasteiger partial charge in [-0.3, -0.25) is 28.8 Å². The van der Waals surface area contributed by atoms with Crippen LogP contribution in [0.25, 0.3) is 11.1 Å². The molecule has 2 fully saturated rings. The summed E-state index contributed by atoms with van der Waals surface area (Å²) in [6, 6.07) is 5.14. The van der Waals surface area contributed by atoms with Crippen LogP contribution in [-0.4, -0.2) is 81.9 Å². The van der Waals surface area contributed by atoms with E-state index in [1.54, 1.807) is 13.8 Å². The number of rotatable bonds is 1. The lowest BCUT2D eigenvalue weighted by Gasteiger charge is -2.35. The molecule has 2 aromatic rings. The summed E-state index contributed by atoms with van der Waals surface area (Å²) in [5.74, 6) is -4.71. The van der Waals surface area contributed by atoms with Crippen molar-refractivity contribution in [3.05, 3.63) is 68.8 Å². The second-order valence-electron chi connectivity index (χ2n) is 11.7. The lowest BCUT2D eigenvalue weighted by Crippen LogP contribution is -2.44. The molecule has 2 N–H and O–H groups in total. The summed E-state index contributed by atoms with van der Waals surface area (Å²) >= 11 is 0. The molecule has 2 saturated heterocycles. The highest BCUT2D eigenvalue weighted by molar-refractivity contribution is 6.30. The van der Waals surface area contributed by atoms with E-state index in [1.165, 1.54) is 24.3 Å². The minimum Gasteiger partial charge on any atom is -0.507 e. The molecule has 44 heavy (non-hydrogen) atoms. The molecule has 6 aliphatic rings. The Kier molecular flexibility index (Phi) is 5.34. The largest absolute Gasteiger partial charge is 0.507 e. The maximum Gasteiger partial charge on any atom is 0.309 e. The lowest BCUT2D eigenvalue weighted by atomic mass is 9.75. The molecular weight excluding hydrogens is 576 g/mol. The number of benzene rings is 2. The number of hydrogen-bond acceptors (Lipinski definition) is 12. The standard InChI is InChI=1S/C32H22O12/c1-9-21-25(31-17(41-9)7-19(35)43-31)29(39)23-13(27(21)37)3-11(5-15(23)33)12-4-14-24(16(34)6-12)30(40)26-22(28(14)38)10(2)42-18-8-20(36)44-32(18)26/h3-6,9-10,17-18,31-34H,7-8H2,1-2H3/t9-,10+,17-,18+,31+,32-. The summed E-state index contributed by atoms with van der Waals surface area (Å²) in [4.78, 5) is 78.8. The number of hydrogen-bond donors (Lipinski definition) is 2. The molecule has 0 radical (unpaired) electrons. The molecule has 0 aromatic heterocycles. The van der Waals surface area contributed by atoms with Crippen LogP contribution in [0, 0.1) is 0 Å². The van der Waals surface area contributed by atoms with E-state index < -0.39 is 83.2 Å². The van der Waals surface area contributed by atoms with Crippen molar-refractivity contribution < 1.29 is 57.9 Å². The number of ketones is 4. The molecule has 0 saturated carbocycles. The third-order valence-electron chi connectivity index (χ3n) is 9.14. The molecule has 12 heteroatoms. The molecule has 12 nitrogen and oxygen atoms in total. The van der Waals surface area contributed by atoms with Crippen molar-refractivity contribution in [2.45, 2.75) is 63.3 Å². The monoisotopic (exact) mass is 598 g/mol. The van der Waals surface area contributed by atoms with Crippen LogP contribution in [0.15, 0.2) is 46.6 Å². The van der Waals surface area contributed by atoms with E-state index in [9.17, 15) is 39.0 Å². The first-order valence-electron chi connectivity index (χ1n) is 14.1. The van der Waals surface area contributed by atoms with Gasteiger partial charge in [0.15, 0.2) is 35.3 Å². The van der Waals surface area contributed by atoms with Crippen molar-refractivity contribution in [2.24, 2.45) is 0 Å². The molecule has 6 atom stereocenters. The van der Waals surface area contributed by atoms with E-state index in [0.717, 1.165) is 0 Å². The van der Waals surface area contributed by atoms with Crippen molar-refractivity contribution in [3.8, 4) is 22.6 Å². The highest BCUT2D eigenvalue weighted by Crippen LogP contribution is 2.46. The van der Waals surface area contributed by atoms with Gasteiger partial charge in [-0.2, -0.15) is 0 Å². The molecule has 0 spiro atoms. The zero-order valence-corrected chi connectivity index (χ0v) is 23.2. The molecule has 8 rings (SSSR count). The van der Waals surface area contributed by atoms with Gasteiger partial charge in [-0.1, -0.05) is 0 Å². The quantitative estimate of drug-likeness (QED) is 0.458. The van der Waals surface area contributed by atoms with E-state index in [0.29, 0.717) is 0 Å². The highest BCUT2D eigenvalue weighted by atomic mass is 16.6. The maximum atomic E-state index is 13.8. The fourth-order valence-corrected chi connectivity index (χ4v) is 7.31. The van der Waals surface area contributed by atoms with Crippen molar-refractivity contribution in [1.29, 1.82) is 0 Å². The number of esters is 2. The number of phenols is 2. The van der Waals surface area contributed by atoms with Gasteiger partial charge in [0.25, 0.3) is 0 Å². The predicted molar refractivity (Wildman–Crippen MR) is 144 cm³/mol. The molecular formula is C32H22O12. The SMILES string of the molecule is C[C@@H]1O[C@H]2CC(=O)O[C@H]2C2=C1C(=O)c1cc(-c3cc(O)c4c(c3)C(=O)C3=C(C4=O)[C@H]4OC(=O)C[C@H]4O[C@@H]3C)cc(O)c1C2=O. The normalized spacial score (nSPS) is 30.3. The smallest absolute Gasteiger partial charge is 0.309 e. The maximum absolute atomic E-state index is 13.8. The van der Waals surface area contributed by atoms with Crippen LogP contribution in [0.2, 0.25) is 0 Å². The predicted octanol–water partition coefficient (Wildman–Crippen LogP) is 2.32. The Morgan fingerprint density at radius 3 is 1.34 bits per heavy atom. The number of ether oxygens (including phenoxy) is 4. The van der Waals surface area contributed by atoms with E-state index >= 15 is 0 Å². The summed E-state index contributed by atoms with van der Waals surface area (Å²) in [6.45, 7) is 3.18. The summed E-state index contributed by atoms with van der Waals surface area (Å²) < 4.78 is 22.3. The first kappa shape index (κ1) is 26.7. The van der Waals surface area contributed by atoms with Gasteiger partial charge in [0.1, 0.15) is 23.7 Å². The fourth-order valence-electron chi connectivity index (χ4n) is 7.31.